The van der Waals surface area contributed by atoms with Gasteiger partial charge in [-0.3, -0.25) is 0 Å². The number of ether oxygens (including phenoxy) is 1. The van der Waals surface area contributed by atoms with Crippen LogP contribution < -0.4 is 10.1 Å². The van der Waals surface area contributed by atoms with E-state index in [1.165, 1.54) is 0 Å². The molecule has 0 amide bonds. The summed E-state index contributed by atoms with van der Waals surface area (Å²) in [6, 6.07) is 13.9. The second-order valence-corrected chi connectivity index (χ2v) is 5.37. The quantitative estimate of drug-likeness (QED) is 0.591. The Balaban J connectivity index is 1.73. The van der Waals surface area contributed by atoms with Gasteiger partial charge in [0.1, 0.15) is 12.4 Å². The topological polar surface area (TPSA) is 95.6 Å². The highest BCUT2D eigenvalue weighted by molar-refractivity contribution is 5.78. The summed E-state index contributed by atoms with van der Waals surface area (Å²) >= 11 is 0. The van der Waals surface area contributed by atoms with E-state index < -0.39 is 0 Å². The summed E-state index contributed by atoms with van der Waals surface area (Å²) in [5.41, 5.74) is 2.46. The molecule has 1 N–H and O–H groups in total. The van der Waals surface area contributed by atoms with E-state index in [2.05, 4.69) is 30.8 Å². The predicted octanol–water partition coefficient (Wildman–Crippen LogP) is 1.56. The molecule has 0 saturated carbocycles. The Labute approximate surface area is 143 Å². The first-order valence-corrected chi connectivity index (χ1v) is 7.73. The lowest BCUT2D eigenvalue weighted by Crippen LogP contribution is -2.09. The Morgan fingerprint density at radius 3 is 2.76 bits per heavy atom. The molecule has 0 saturated heterocycles. The maximum atomic E-state index is 5.94. The lowest BCUT2D eigenvalue weighted by molar-refractivity contribution is 0.272. The molecule has 9 heteroatoms. The minimum atomic E-state index is 0.282. The number of para-hydroxylation sites is 2. The predicted molar refractivity (Wildman–Crippen MR) is 91.5 cm³/mol. The Kier molecular flexibility index (Phi) is 3.73. The molecule has 1 aromatic carbocycles. The van der Waals surface area contributed by atoms with Gasteiger partial charge in [0.15, 0.2) is 0 Å². The van der Waals surface area contributed by atoms with Gasteiger partial charge in [0.05, 0.1) is 16.7 Å². The lowest BCUT2D eigenvalue weighted by atomic mass is 10.3. The lowest BCUT2D eigenvalue weighted by Gasteiger charge is -2.08. The van der Waals surface area contributed by atoms with Crippen LogP contribution in [0, 0.1) is 0 Å². The zero-order valence-electron chi connectivity index (χ0n) is 13.8. The van der Waals surface area contributed by atoms with E-state index in [-0.39, 0.29) is 6.61 Å². The van der Waals surface area contributed by atoms with Gasteiger partial charge in [0.2, 0.25) is 0 Å². The number of fused-ring (bicyclic) bond motifs is 1. The van der Waals surface area contributed by atoms with Gasteiger partial charge in [0, 0.05) is 14.1 Å². The number of hydrogen-bond acceptors (Lipinski definition) is 7. The van der Waals surface area contributed by atoms with Crippen molar-refractivity contribution in [3.05, 3.63) is 48.2 Å². The average Bonchev–Trinajstić information content (AvgIpc) is 3.22. The molecule has 0 aliphatic carbocycles. The third kappa shape index (κ3) is 2.75. The van der Waals surface area contributed by atoms with Crippen LogP contribution in [0.5, 0.6) is 6.01 Å². The highest BCUT2D eigenvalue weighted by atomic mass is 16.5. The summed E-state index contributed by atoms with van der Waals surface area (Å²) in [6.07, 6.45) is 0. The molecule has 0 unspecified atom stereocenters. The molecule has 0 atom stereocenters. The molecule has 3 heterocycles. The second kappa shape index (κ2) is 6.19. The van der Waals surface area contributed by atoms with Gasteiger partial charge in [-0.15, -0.1) is 0 Å². The van der Waals surface area contributed by atoms with Gasteiger partial charge in [-0.1, -0.05) is 23.3 Å². The highest BCUT2D eigenvalue weighted by Crippen LogP contribution is 2.25. The fraction of sp³-hybridized carbons (Fsp3) is 0.188. The number of nitrogens with one attached hydrogen (secondary N) is 1. The second-order valence-electron chi connectivity index (χ2n) is 5.37. The largest absolute Gasteiger partial charge is 0.458 e. The van der Waals surface area contributed by atoms with Crippen molar-refractivity contribution in [3.8, 4) is 12.0 Å². The molecular weight excluding hydrogens is 320 g/mol. The minimum Gasteiger partial charge on any atom is -0.458 e. The van der Waals surface area contributed by atoms with E-state index in [4.69, 9.17) is 4.74 Å². The number of pyridine rings is 1. The van der Waals surface area contributed by atoms with E-state index in [1.807, 2.05) is 49.5 Å². The van der Waals surface area contributed by atoms with Gasteiger partial charge >= 0.3 is 6.01 Å². The Bertz CT molecular complexity index is 1020. The molecule has 9 nitrogen and oxygen atoms in total. The van der Waals surface area contributed by atoms with Crippen molar-refractivity contribution < 1.29 is 4.74 Å². The minimum absolute atomic E-state index is 0.282. The molecular formula is C16H16N8O. The van der Waals surface area contributed by atoms with Crippen molar-refractivity contribution in [1.29, 1.82) is 0 Å². The van der Waals surface area contributed by atoms with Gasteiger partial charge in [-0.25, -0.2) is 14.2 Å². The monoisotopic (exact) mass is 336 g/mol. The fourth-order valence-corrected chi connectivity index (χ4v) is 2.55. The highest BCUT2D eigenvalue weighted by Gasteiger charge is 2.18. The molecule has 25 heavy (non-hydrogen) atoms. The number of tetrazole rings is 1. The van der Waals surface area contributed by atoms with Crippen LogP contribution in [0.4, 0.5) is 5.82 Å². The van der Waals surface area contributed by atoms with Crippen molar-refractivity contribution in [2.75, 3.05) is 12.4 Å². The first-order chi connectivity index (χ1) is 12.3. The van der Waals surface area contributed by atoms with Crippen molar-refractivity contribution in [2.45, 2.75) is 6.61 Å². The summed E-state index contributed by atoms with van der Waals surface area (Å²) in [7, 11) is 3.60. The first-order valence-electron chi connectivity index (χ1n) is 7.73. The van der Waals surface area contributed by atoms with Crippen LogP contribution in [-0.2, 0) is 13.7 Å². The smallest absolute Gasteiger partial charge is 0.305 e. The average molecular weight is 336 g/mol. The van der Waals surface area contributed by atoms with Crippen LogP contribution in [0.3, 0.4) is 0 Å². The molecule has 3 aromatic heterocycles. The van der Waals surface area contributed by atoms with Crippen molar-refractivity contribution in [2.24, 2.45) is 7.05 Å². The third-order valence-corrected chi connectivity index (χ3v) is 3.74. The number of rotatable bonds is 5. The normalized spacial score (nSPS) is 11.0. The Hall–Kier alpha value is -3.49. The van der Waals surface area contributed by atoms with Crippen molar-refractivity contribution >= 4 is 16.9 Å². The van der Waals surface area contributed by atoms with Gasteiger partial charge in [-0.2, -0.15) is 4.98 Å². The van der Waals surface area contributed by atoms with Gasteiger partial charge in [-0.05, 0) is 34.7 Å². The van der Waals surface area contributed by atoms with Crippen LogP contribution in [0.1, 0.15) is 5.69 Å². The molecule has 0 bridgehead atoms. The Morgan fingerprint density at radius 2 is 1.96 bits per heavy atom. The summed E-state index contributed by atoms with van der Waals surface area (Å²) < 4.78 is 9.30. The fourth-order valence-electron chi connectivity index (χ4n) is 2.55. The van der Waals surface area contributed by atoms with Crippen LogP contribution in [0.25, 0.3) is 17.0 Å². The zero-order chi connectivity index (χ0) is 17.2. The van der Waals surface area contributed by atoms with E-state index in [0.717, 1.165) is 22.5 Å². The summed E-state index contributed by atoms with van der Waals surface area (Å²) in [5, 5.41) is 14.7. The summed E-state index contributed by atoms with van der Waals surface area (Å²) in [5.74, 6) is 1.31. The molecule has 0 aliphatic rings. The van der Waals surface area contributed by atoms with E-state index >= 15 is 0 Å². The number of nitrogens with zero attached hydrogens (tertiary/aromatic N) is 7. The van der Waals surface area contributed by atoms with Crippen LogP contribution in [0.15, 0.2) is 42.5 Å². The van der Waals surface area contributed by atoms with Crippen LogP contribution in [-0.4, -0.2) is 41.8 Å². The molecule has 0 radical (unpaired) electrons. The maximum Gasteiger partial charge on any atom is 0.305 e. The number of aryl methyl sites for hydroxylation is 1. The molecule has 0 spiro atoms. The molecule has 0 fully saturated rings. The zero-order valence-corrected chi connectivity index (χ0v) is 13.8. The third-order valence-electron chi connectivity index (χ3n) is 3.74. The van der Waals surface area contributed by atoms with Crippen LogP contribution in [0.2, 0.25) is 0 Å². The Morgan fingerprint density at radius 1 is 1.08 bits per heavy atom. The number of imidazole rings is 1. The van der Waals surface area contributed by atoms with Crippen molar-refractivity contribution in [1.82, 2.24) is 34.7 Å². The van der Waals surface area contributed by atoms with E-state index in [1.54, 1.807) is 16.3 Å². The van der Waals surface area contributed by atoms with Gasteiger partial charge < -0.3 is 10.1 Å². The van der Waals surface area contributed by atoms with E-state index in [9.17, 15) is 0 Å². The number of anilines is 1. The summed E-state index contributed by atoms with van der Waals surface area (Å²) in [6.45, 7) is 0.282. The van der Waals surface area contributed by atoms with Gasteiger partial charge in [0.25, 0.3) is 5.95 Å². The van der Waals surface area contributed by atoms with E-state index in [0.29, 0.717) is 12.0 Å². The maximum absolute atomic E-state index is 5.94. The molecule has 0 aliphatic heterocycles. The summed E-state index contributed by atoms with van der Waals surface area (Å²) in [4.78, 5) is 9.01. The number of hydrogen-bond donors (Lipinski definition) is 1. The van der Waals surface area contributed by atoms with Crippen LogP contribution >= 0.6 is 0 Å². The molecule has 4 aromatic rings. The number of benzene rings is 1. The SMILES string of the molecule is CNc1cccc(COc2nc3ccccc3n2-c2nnnn2C)n1. The number of aromatic nitrogens is 7. The molecule has 4 rings (SSSR count). The first kappa shape index (κ1) is 15.1. The van der Waals surface area contributed by atoms with Crippen molar-refractivity contribution in [3.63, 3.8) is 0 Å². The molecule has 126 valence electrons. The standard InChI is InChI=1S/C16H16N8O/c1-17-14-9-5-6-11(18-14)10-25-16-19-12-7-3-4-8-13(12)24(16)15-20-21-22-23(15)2/h3-9H,10H2,1-2H3,(H,17,18).